The number of nitrogens with zero attached hydrogens (tertiary/aromatic N) is 2. The molecule has 0 atom stereocenters. The Morgan fingerprint density at radius 3 is 2.72 bits per heavy atom. The van der Waals surface area contributed by atoms with Crippen LogP contribution in [0.5, 0.6) is 0 Å². The van der Waals surface area contributed by atoms with Crippen LogP contribution in [0.2, 0.25) is 0 Å². The van der Waals surface area contributed by atoms with Crippen molar-refractivity contribution in [2.75, 3.05) is 32.1 Å². The van der Waals surface area contributed by atoms with Crippen molar-refractivity contribution in [2.24, 2.45) is 0 Å². The highest BCUT2D eigenvalue weighted by atomic mass is 32.1. The lowest BCUT2D eigenvalue weighted by molar-refractivity contribution is -0.134. The average molecular weight is 456 g/mol. The van der Waals surface area contributed by atoms with Crippen LogP contribution in [0.25, 0.3) is 10.6 Å². The minimum Gasteiger partial charge on any atom is -0.383 e. The third kappa shape index (κ3) is 6.21. The van der Waals surface area contributed by atoms with Crippen molar-refractivity contribution < 1.29 is 18.7 Å². The summed E-state index contributed by atoms with van der Waals surface area (Å²) in [5.41, 5.74) is 4.04. The lowest BCUT2D eigenvalue weighted by Gasteiger charge is -2.22. The Labute approximate surface area is 191 Å². The van der Waals surface area contributed by atoms with Gasteiger partial charge in [0.1, 0.15) is 10.8 Å². The van der Waals surface area contributed by atoms with Gasteiger partial charge in [-0.05, 0) is 43.2 Å². The van der Waals surface area contributed by atoms with E-state index in [0.29, 0.717) is 22.9 Å². The molecule has 0 fully saturated rings. The Kier molecular flexibility index (Phi) is 8.08. The molecule has 168 valence electrons. The summed E-state index contributed by atoms with van der Waals surface area (Å²) in [4.78, 5) is 31.5. The van der Waals surface area contributed by atoms with Gasteiger partial charge in [0.25, 0.3) is 0 Å². The standard InChI is InChI=1S/C24H26FN3O3S/c1-16-6-4-9-21(17(16)2)27-22(29)14-28(10-11-31-3)23(30)13-20-15-32-24(26-20)18-7-5-8-19(25)12-18/h4-9,12,15H,10-11,13-14H2,1-3H3,(H,27,29). The number of hydrogen-bond donors (Lipinski definition) is 1. The number of aromatic nitrogens is 1. The molecule has 0 bridgehead atoms. The molecule has 2 amide bonds. The molecule has 8 heteroatoms. The van der Waals surface area contributed by atoms with Gasteiger partial charge in [0.2, 0.25) is 11.8 Å². The Morgan fingerprint density at radius 1 is 1.19 bits per heavy atom. The van der Waals surface area contributed by atoms with Gasteiger partial charge in [0.05, 0.1) is 25.3 Å². The number of nitrogens with one attached hydrogen (secondary N) is 1. The van der Waals surface area contributed by atoms with E-state index >= 15 is 0 Å². The van der Waals surface area contributed by atoms with Crippen LogP contribution in [0.4, 0.5) is 10.1 Å². The monoisotopic (exact) mass is 455 g/mol. The van der Waals surface area contributed by atoms with Crippen molar-refractivity contribution in [1.29, 1.82) is 0 Å². The van der Waals surface area contributed by atoms with Gasteiger partial charge in [-0.25, -0.2) is 9.37 Å². The van der Waals surface area contributed by atoms with Crippen molar-refractivity contribution in [2.45, 2.75) is 20.3 Å². The third-order valence-electron chi connectivity index (χ3n) is 5.09. The smallest absolute Gasteiger partial charge is 0.244 e. The molecule has 2 aromatic carbocycles. The molecule has 0 aliphatic rings. The van der Waals surface area contributed by atoms with Crippen LogP contribution >= 0.6 is 11.3 Å². The Balaban J connectivity index is 1.67. The number of hydrogen-bond acceptors (Lipinski definition) is 5. The molecule has 32 heavy (non-hydrogen) atoms. The molecule has 1 aromatic heterocycles. The van der Waals surface area contributed by atoms with Gasteiger partial charge < -0.3 is 15.0 Å². The second-order valence-electron chi connectivity index (χ2n) is 7.43. The number of amides is 2. The number of rotatable bonds is 9. The zero-order valence-electron chi connectivity index (χ0n) is 18.4. The van der Waals surface area contributed by atoms with E-state index in [1.807, 2.05) is 32.0 Å². The van der Waals surface area contributed by atoms with Crippen LogP contribution in [-0.2, 0) is 20.7 Å². The second kappa shape index (κ2) is 11.0. The number of ether oxygens (including phenoxy) is 1. The predicted molar refractivity (Wildman–Crippen MR) is 124 cm³/mol. The van der Waals surface area contributed by atoms with E-state index in [0.717, 1.165) is 16.8 Å². The molecule has 0 saturated heterocycles. The molecular formula is C24H26FN3O3S. The molecule has 0 aliphatic heterocycles. The molecule has 0 aliphatic carbocycles. The van der Waals surface area contributed by atoms with Gasteiger partial charge >= 0.3 is 0 Å². The van der Waals surface area contributed by atoms with Gasteiger partial charge in [-0.2, -0.15) is 0 Å². The van der Waals surface area contributed by atoms with Crippen LogP contribution < -0.4 is 5.32 Å². The minimum atomic E-state index is -0.337. The molecule has 0 spiro atoms. The number of anilines is 1. The van der Waals surface area contributed by atoms with Crippen LogP contribution in [0, 0.1) is 19.7 Å². The van der Waals surface area contributed by atoms with Gasteiger partial charge in [0, 0.05) is 30.3 Å². The molecule has 0 saturated carbocycles. The maximum absolute atomic E-state index is 13.5. The molecular weight excluding hydrogens is 429 g/mol. The van der Waals surface area contributed by atoms with E-state index < -0.39 is 0 Å². The van der Waals surface area contributed by atoms with Gasteiger partial charge in [-0.1, -0.05) is 24.3 Å². The van der Waals surface area contributed by atoms with Crippen molar-refractivity contribution in [3.63, 3.8) is 0 Å². The molecule has 1 heterocycles. The fourth-order valence-corrected chi connectivity index (χ4v) is 3.97. The zero-order valence-corrected chi connectivity index (χ0v) is 19.2. The summed E-state index contributed by atoms with van der Waals surface area (Å²) in [5.74, 6) is -0.841. The van der Waals surface area contributed by atoms with Gasteiger partial charge in [0.15, 0.2) is 0 Å². The van der Waals surface area contributed by atoms with E-state index in [4.69, 9.17) is 4.74 Å². The Hall–Kier alpha value is -3.10. The van der Waals surface area contributed by atoms with Crippen molar-refractivity contribution in [3.05, 3.63) is 70.5 Å². The molecule has 3 rings (SSSR count). The molecule has 0 unspecified atom stereocenters. The first kappa shape index (κ1) is 23.6. The lowest BCUT2D eigenvalue weighted by atomic mass is 10.1. The SMILES string of the molecule is COCCN(CC(=O)Nc1cccc(C)c1C)C(=O)Cc1csc(-c2cccc(F)c2)n1. The lowest BCUT2D eigenvalue weighted by Crippen LogP contribution is -2.40. The largest absolute Gasteiger partial charge is 0.383 e. The highest BCUT2D eigenvalue weighted by molar-refractivity contribution is 7.13. The quantitative estimate of drug-likeness (QED) is 0.524. The first-order valence-corrected chi connectivity index (χ1v) is 11.1. The first-order chi connectivity index (χ1) is 15.4. The predicted octanol–water partition coefficient (Wildman–Crippen LogP) is 4.22. The fourth-order valence-electron chi connectivity index (χ4n) is 3.15. The summed E-state index contributed by atoms with van der Waals surface area (Å²) in [6, 6.07) is 11.9. The number of carbonyl (C=O) groups is 2. The molecule has 6 nitrogen and oxygen atoms in total. The van der Waals surface area contributed by atoms with Gasteiger partial charge in [-0.3, -0.25) is 9.59 Å². The van der Waals surface area contributed by atoms with E-state index in [2.05, 4.69) is 10.3 Å². The summed E-state index contributed by atoms with van der Waals surface area (Å²) in [6.07, 6.45) is 0.0479. The summed E-state index contributed by atoms with van der Waals surface area (Å²) in [7, 11) is 1.55. The van der Waals surface area contributed by atoms with Crippen LogP contribution in [0.1, 0.15) is 16.8 Å². The topological polar surface area (TPSA) is 71.5 Å². The number of methoxy groups -OCH3 is 1. The van der Waals surface area contributed by atoms with Gasteiger partial charge in [-0.15, -0.1) is 11.3 Å². The van der Waals surface area contributed by atoms with Crippen molar-refractivity contribution in [3.8, 4) is 10.6 Å². The summed E-state index contributed by atoms with van der Waals surface area (Å²) >= 11 is 1.35. The summed E-state index contributed by atoms with van der Waals surface area (Å²) in [6.45, 7) is 4.43. The first-order valence-electron chi connectivity index (χ1n) is 10.2. The van der Waals surface area contributed by atoms with Crippen LogP contribution in [0.15, 0.2) is 47.8 Å². The summed E-state index contributed by atoms with van der Waals surface area (Å²) < 4.78 is 18.6. The number of halogens is 1. The normalized spacial score (nSPS) is 10.8. The highest BCUT2D eigenvalue weighted by Gasteiger charge is 2.19. The van der Waals surface area contributed by atoms with Crippen molar-refractivity contribution in [1.82, 2.24) is 9.88 Å². The molecule has 3 aromatic rings. The maximum Gasteiger partial charge on any atom is 0.244 e. The maximum atomic E-state index is 13.5. The number of carbonyl (C=O) groups excluding carboxylic acids is 2. The highest BCUT2D eigenvalue weighted by Crippen LogP contribution is 2.24. The Morgan fingerprint density at radius 2 is 1.97 bits per heavy atom. The molecule has 0 radical (unpaired) electrons. The Bertz CT molecular complexity index is 1100. The number of thiazole rings is 1. The van der Waals surface area contributed by atoms with Crippen LogP contribution in [0.3, 0.4) is 0 Å². The van der Waals surface area contributed by atoms with E-state index in [-0.39, 0.29) is 37.1 Å². The minimum absolute atomic E-state index is 0.0479. The zero-order chi connectivity index (χ0) is 23.1. The van der Waals surface area contributed by atoms with E-state index in [9.17, 15) is 14.0 Å². The number of benzene rings is 2. The summed E-state index contributed by atoms with van der Waals surface area (Å²) in [5, 5.41) is 5.31. The second-order valence-corrected chi connectivity index (χ2v) is 8.29. The molecule has 1 N–H and O–H groups in total. The van der Waals surface area contributed by atoms with E-state index in [1.165, 1.54) is 28.4 Å². The average Bonchev–Trinajstić information content (AvgIpc) is 3.23. The third-order valence-corrected chi connectivity index (χ3v) is 6.03. The van der Waals surface area contributed by atoms with Crippen LogP contribution in [-0.4, -0.2) is 48.5 Å². The van der Waals surface area contributed by atoms with Crippen molar-refractivity contribution >= 4 is 28.8 Å². The number of aryl methyl sites for hydroxylation is 1. The van der Waals surface area contributed by atoms with E-state index in [1.54, 1.807) is 24.6 Å². The fraction of sp³-hybridized carbons (Fsp3) is 0.292.